The van der Waals surface area contributed by atoms with E-state index in [2.05, 4.69) is 15.3 Å². The Hall–Kier alpha value is -3.27. The van der Waals surface area contributed by atoms with E-state index >= 15 is 0 Å². The van der Waals surface area contributed by atoms with E-state index < -0.39 is 22.3 Å². The SMILES string of the molecule is COc1cc2nc(C)nc(NC(C)c3cccc4c3OCC4(F)F)c2cc1C1=CCS(=N)(=O)CC1. The van der Waals surface area contributed by atoms with Crippen molar-refractivity contribution in [2.45, 2.75) is 32.2 Å². The van der Waals surface area contributed by atoms with E-state index in [-0.39, 0.29) is 23.1 Å². The first-order valence-corrected chi connectivity index (χ1v) is 13.2. The van der Waals surface area contributed by atoms with E-state index in [9.17, 15) is 13.0 Å². The molecule has 7 nitrogen and oxygen atoms in total. The van der Waals surface area contributed by atoms with Crippen LogP contribution in [-0.4, -0.2) is 39.4 Å². The summed E-state index contributed by atoms with van der Waals surface area (Å²) in [5.41, 5.74) is 3.00. The highest BCUT2D eigenvalue weighted by atomic mass is 32.2. The molecule has 10 heteroatoms. The molecule has 0 aliphatic carbocycles. The summed E-state index contributed by atoms with van der Waals surface area (Å²) in [6, 6.07) is 8.19. The van der Waals surface area contributed by atoms with Crippen molar-refractivity contribution in [3.63, 3.8) is 0 Å². The number of fused-ring (bicyclic) bond motifs is 2. The second-order valence-corrected chi connectivity index (χ2v) is 11.3. The molecule has 2 N–H and O–H groups in total. The molecule has 0 radical (unpaired) electrons. The summed E-state index contributed by atoms with van der Waals surface area (Å²) in [5, 5.41) is 4.11. The van der Waals surface area contributed by atoms with Gasteiger partial charge in [-0.05, 0) is 38.0 Å². The number of aryl methyl sites for hydroxylation is 1. The number of hydrogen-bond donors (Lipinski definition) is 2. The minimum atomic E-state index is -3.01. The molecule has 35 heavy (non-hydrogen) atoms. The van der Waals surface area contributed by atoms with Gasteiger partial charge in [0.05, 0.1) is 30.0 Å². The lowest BCUT2D eigenvalue weighted by Crippen LogP contribution is -2.14. The third kappa shape index (κ3) is 4.31. The van der Waals surface area contributed by atoms with Crippen LogP contribution in [0.2, 0.25) is 0 Å². The number of rotatable bonds is 5. The number of para-hydroxylation sites is 1. The first-order chi connectivity index (χ1) is 16.6. The predicted molar refractivity (Wildman–Crippen MR) is 132 cm³/mol. The molecule has 0 saturated heterocycles. The number of methoxy groups -OCH3 is 1. The smallest absolute Gasteiger partial charge is 0.310 e. The van der Waals surface area contributed by atoms with Gasteiger partial charge in [-0.3, -0.25) is 4.78 Å². The average Bonchev–Trinajstić information content (AvgIpc) is 3.13. The van der Waals surface area contributed by atoms with Crippen molar-refractivity contribution in [2.75, 3.05) is 30.5 Å². The van der Waals surface area contributed by atoms with Crippen LogP contribution in [0, 0.1) is 11.7 Å². The number of alkyl halides is 2. The van der Waals surface area contributed by atoms with E-state index in [0.29, 0.717) is 40.6 Å². The van der Waals surface area contributed by atoms with Crippen molar-refractivity contribution in [1.82, 2.24) is 9.97 Å². The van der Waals surface area contributed by atoms with Crippen molar-refractivity contribution in [3.8, 4) is 11.5 Å². The second-order valence-electron chi connectivity index (χ2n) is 8.93. The first-order valence-electron chi connectivity index (χ1n) is 11.3. The topological polar surface area (TPSA) is 97.2 Å². The van der Waals surface area contributed by atoms with Gasteiger partial charge in [0, 0.05) is 38.1 Å². The van der Waals surface area contributed by atoms with Gasteiger partial charge >= 0.3 is 5.92 Å². The van der Waals surface area contributed by atoms with Crippen LogP contribution in [-0.2, 0) is 15.7 Å². The van der Waals surface area contributed by atoms with Crippen molar-refractivity contribution in [3.05, 3.63) is 58.9 Å². The van der Waals surface area contributed by atoms with Crippen LogP contribution in [0.3, 0.4) is 0 Å². The van der Waals surface area contributed by atoms with Gasteiger partial charge in [0.15, 0.2) is 6.61 Å². The quantitative estimate of drug-likeness (QED) is 0.484. The number of halogens is 2. The Balaban J connectivity index is 1.57. The summed E-state index contributed by atoms with van der Waals surface area (Å²) in [5.74, 6) is -0.543. The number of aromatic nitrogens is 2. The molecule has 2 aromatic carbocycles. The van der Waals surface area contributed by atoms with Gasteiger partial charge in [-0.1, -0.05) is 18.2 Å². The Morgan fingerprint density at radius 2 is 2.09 bits per heavy atom. The number of ether oxygens (including phenoxy) is 2. The molecule has 184 valence electrons. The fourth-order valence-electron chi connectivity index (χ4n) is 4.61. The van der Waals surface area contributed by atoms with Gasteiger partial charge < -0.3 is 14.8 Å². The molecule has 3 aromatic rings. The van der Waals surface area contributed by atoms with Crippen LogP contribution in [0.15, 0.2) is 36.4 Å². The normalized spacial score (nSPS) is 21.7. The third-order valence-corrected chi connectivity index (χ3v) is 8.00. The van der Waals surface area contributed by atoms with Crippen molar-refractivity contribution in [2.24, 2.45) is 0 Å². The molecule has 2 atom stereocenters. The van der Waals surface area contributed by atoms with Gasteiger partial charge in [0.2, 0.25) is 0 Å². The van der Waals surface area contributed by atoms with Gasteiger partial charge in [-0.2, -0.15) is 8.78 Å². The molecule has 0 spiro atoms. The second kappa shape index (κ2) is 8.44. The molecule has 0 saturated carbocycles. The van der Waals surface area contributed by atoms with Crippen molar-refractivity contribution >= 4 is 32.0 Å². The maximum absolute atomic E-state index is 14.2. The number of anilines is 1. The highest BCUT2D eigenvalue weighted by molar-refractivity contribution is 7.92. The maximum atomic E-state index is 14.2. The summed E-state index contributed by atoms with van der Waals surface area (Å²) in [6.07, 6.45) is 2.36. The van der Waals surface area contributed by atoms with E-state index in [1.807, 2.05) is 25.1 Å². The number of nitrogens with one attached hydrogen (secondary N) is 2. The lowest BCUT2D eigenvalue weighted by atomic mass is 9.99. The molecule has 0 fully saturated rings. The summed E-state index contributed by atoms with van der Waals surface area (Å²) in [4.78, 5) is 9.17. The number of benzene rings is 2. The van der Waals surface area contributed by atoms with E-state index in [1.54, 1.807) is 26.2 Å². The fraction of sp³-hybridized carbons (Fsp3) is 0.360. The number of hydrogen-bond acceptors (Lipinski definition) is 7. The predicted octanol–water partition coefficient (Wildman–Crippen LogP) is 5.44. The monoisotopic (exact) mass is 500 g/mol. The Morgan fingerprint density at radius 3 is 2.80 bits per heavy atom. The third-order valence-electron chi connectivity index (χ3n) is 6.43. The Bertz CT molecular complexity index is 1470. The standard InChI is InChI=1S/C25H26F2N4O3S/c1-14(17-5-4-6-20-23(17)34-13-25(20,26)27)29-24-19-11-18(16-7-9-35(28,32)10-8-16)22(33-3)12-21(19)30-15(2)31-24/h4-7,11-12,14,28H,8-10,13H2,1-3H3,(H,29,30,31). The van der Waals surface area contributed by atoms with Crippen LogP contribution < -0.4 is 14.8 Å². The van der Waals surface area contributed by atoms with Crippen molar-refractivity contribution in [1.29, 1.82) is 4.78 Å². The largest absolute Gasteiger partial charge is 0.496 e. The highest BCUT2D eigenvalue weighted by Crippen LogP contribution is 2.45. The summed E-state index contributed by atoms with van der Waals surface area (Å²) >= 11 is 0. The highest BCUT2D eigenvalue weighted by Gasteiger charge is 2.42. The number of allylic oxidation sites excluding steroid dienone is 1. The van der Waals surface area contributed by atoms with Crippen LogP contribution in [0.5, 0.6) is 11.5 Å². The molecule has 0 amide bonds. The van der Waals surface area contributed by atoms with E-state index in [4.69, 9.17) is 14.3 Å². The Labute approximate surface area is 202 Å². The summed E-state index contributed by atoms with van der Waals surface area (Å²) in [6.45, 7) is 3.00. The van der Waals surface area contributed by atoms with Crippen LogP contribution >= 0.6 is 0 Å². The van der Waals surface area contributed by atoms with Gasteiger partial charge in [0.25, 0.3) is 0 Å². The molecule has 5 rings (SSSR count). The zero-order valence-corrected chi connectivity index (χ0v) is 20.5. The zero-order valence-electron chi connectivity index (χ0n) is 19.7. The zero-order chi connectivity index (χ0) is 25.0. The van der Waals surface area contributed by atoms with Gasteiger partial charge in [-0.15, -0.1) is 0 Å². The van der Waals surface area contributed by atoms with Gasteiger partial charge in [0.1, 0.15) is 23.1 Å². The minimum Gasteiger partial charge on any atom is -0.496 e. The molecule has 2 aliphatic rings. The minimum absolute atomic E-state index is 0.102. The Kier molecular flexibility index (Phi) is 5.66. The van der Waals surface area contributed by atoms with Crippen LogP contribution in [0.1, 0.15) is 41.9 Å². The molecular formula is C25H26F2N4O3S. The molecule has 2 aliphatic heterocycles. The maximum Gasteiger partial charge on any atom is 0.310 e. The fourth-order valence-corrected chi connectivity index (χ4v) is 5.80. The molecular weight excluding hydrogens is 474 g/mol. The molecule has 0 bridgehead atoms. The number of nitrogens with zero attached hydrogens (tertiary/aromatic N) is 2. The summed E-state index contributed by atoms with van der Waals surface area (Å²) in [7, 11) is -0.993. The summed E-state index contributed by atoms with van der Waals surface area (Å²) < 4.78 is 59.4. The average molecular weight is 501 g/mol. The van der Waals surface area contributed by atoms with E-state index in [0.717, 1.165) is 16.5 Å². The molecule has 2 unspecified atom stereocenters. The first kappa shape index (κ1) is 23.5. The van der Waals surface area contributed by atoms with Crippen molar-refractivity contribution < 1.29 is 22.5 Å². The van der Waals surface area contributed by atoms with Gasteiger partial charge in [-0.25, -0.2) is 14.2 Å². The molecule has 1 aromatic heterocycles. The Morgan fingerprint density at radius 1 is 1.29 bits per heavy atom. The lowest BCUT2D eigenvalue weighted by Gasteiger charge is -2.21. The van der Waals surface area contributed by atoms with E-state index in [1.165, 1.54) is 6.07 Å². The lowest BCUT2D eigenvalue weighted by molar-refractivity contribution is -0.0214. The van der Waals surface area contributed by atoms with Crippen LogP contribution in [0.25, 0.3) is 16.5 Å². The molecule has 3 heterocycles. The van der Waals surface area contributed by atoms with Crippen LogP contribution in [0.4, 0.5) is 14.6 Å².